The van der Waals surface area contributed by atoms with E-state index in [1.807, 2.05) is 0 Å². The van der Waals surface area contributed by atoms with Crippen LogP contribution in [0.1, 0.15) is 40.3 Å². The maximum atomic E-state index is 12.2. The summed E-state index contributed by atoms with van der Waals surface area (Å²) in [7, 11) is 1.29. The quantitative estimate of drug-likeness (QED) is 0.406. The van der Waals surface area contributed by atoms with Gasteiger partial charge in [-0.1, -0.05) is 5.16 Å². The van der Waals surface area contributed by atoms with Crippen LogP contribution in [0.5, 0.6) is 0 Å². The van der Waals surface area contributed by atoms with Crippen LogP contribution in [-0.2, 0) is 23.9 Å². The first-order chi connectivity index (χ1) is 12.6. The predicted octanol–water partition coefficient (Wildman–Crippen LogP) is 1.91. The number of aromatic nitrogens is 1. The summed E-state index contributed by atoms with van der Waals surface area (Å²) in [4.78, 5) is 44.6. The molecule has 0 aliphatic heterocycles. The molecule has 0 saturated carbocycles. The molecule has 1 unspecified atom stereocenters. The van der Waals surface area contributed by atoms with Gasteiger partial charge in [0, 0.05) is 5.38 Å². The Morgan fingerprint density at radius 1 is 1.33 bits per heavy atom. The highest BCUT2D eigenvalue weighted by Gasteiger charge is 2.23. The Balaban J connectivity index is 2.75. The Morgan fingerprint density at radius 3 is 2.56 bits per heavy atom. The van der Waals surface area contributed by atoms with E-state index in [1.165, 1.54) is 19.4 Å². The summed E-state index contributed by atoms with van der Waals surface area (Å²) in [6.07, 6.45) is -0.707. The van der Waals surface area contributed by atoms with Crippen LogP contribution in [-0.4, -0.2) is 54.0 Å². The molecule has 0 aliphatic carbocycles. The molecule has 150 valence electrons. The fourth-order valence-corrected chi connectivity index (χ4v) is 2.38. The van der Waals surface area contributed by atoms with Crippen molar-refractivity contribution in [3.8, 4) is 0 Å². The summed E-state index contributed by atoms with van der Waals surface area (Å²) in [5.74, 6) is -1.19. The number of nitrogens with one attached hydrogen (secondary N) is 2. The highest BCUT2D eigenvalue weighted by Crippen LogP contribution is 2.17. The lowest BCUT2D eigenvalue weighted by Gasteiger charge is -2.21. The van der Waals surface area contributed by atoms with Crippen molar-refractivity contribution in [3.63, 3.8) is 0 Å². The molecule has 1 atom stereocenters. The van der Waals surface area contributed by atoms with Gasteiger partial charge in [0.1, 0.15) is 24.4 Å². The van der Waals surface area contributed by atoms with Gasteiger partial charge < -0.3 is 24.9 Å². The zero-order valence-corrected chi connectivity index (χ0v) is 16.9. The van der Waals surface area contributed by atoms with E-state index in [0.29, 0.717) is 0 Å². The number of thiazole rings is 1. The van der Waals surface area contributed by atoms with Crippen LogP contribution in [0.15, 0.2) is 10.5 Å². The predicted molar refractivity (Wildman–Crippen MR) is 99.8 cm³/mol. The summed E-state index contributed by atoms with van der Waals surface area (Å²) < 4.78 is 9.99. The molecule has 0 radical (unpaired) electrons. The minimum atomic E-state index is -0.857. The van der Waals surface area contributed by atoms with Gasteiger partial charge in [-0.05, 0) is 34.6 Å². The third-order valence-corrected chi connectivity index (χ3v) is 3.51. The molecule has 2 N–H and O–H groups in total. The van der Waals surface area contributed by atoms with Crippen molar-refractivity contribution in [2.24, 2.45) is 5.16 Å². The fourth-order valence-electron chi connectivity index (χ4n) is 1.68. The van der Waals surface area contributed by atoms with Crippen LogP contribution >= 0.6 is 11.3 Å². The van der Waals surface area contributed by atoms with E-state index in [2.05, 4.69) is 25.6 Å². The zero-order chi connectivity index (χ0) is 20.6. The monoisotopic (exact) mass is 400 g/mol. The molecule has 1 aromatic heterocycles. The number of carbonyl (C=O) groups is 3. The standard InChI is InChI=1S/C16H24N4O6S/c1-7-25-13(22)11(20-24-6)10-8-27-14(18-10)19-12(21)9(2)17-15(23)26-16(3,4)5/h8-9H,7H2,1-6H3,(H,17,23)(H,18,19,21)/b20-11-. The number of rotatable bonds is 7. The first-order valence-corrected chi connectivity index (χ1v) is 9.00. The van der Waals surface area contributed by atoms with E-state index < -0.39 is 29.6 Å². The third kappa shape index (κ3) is 7.60. The normalized spacial score (nSPS) is 12.7. The number of ether oxygens (including phenoxy) is 2. The van der Waals surface area contributed by atoms with Gasteiger partial charge >= 0.3 is 12.1 Å². The van der Waals surface area contributed by atoms with Gasteiger partial charge in [0.05, 0.1) is 6.61 Å². The highest BCUT2D eigenvalue weighted by atomic mass is 32.1. The Hall–Kier alpha value is -2.69. The average molecular weight is 400 g/mol. The van der Waals surface area contributed by atoms with Gasteiger partial charge in [-0.2, -0.15) is 0 Å². The molecular formula is C16H24N4O6S. The molecule has 0 aliphatic rings. The number of nitrogens with zero attached hydrogens (tertiary/aromatic N) is 2. The van der Waals surface area contributed by atoms with E-state index in [9.17, 15) is 14.4 Å². The fraction of sp³-hybridized carbons (Fsp3) is 0.562. The van der Waals surface area contributed by atoms with Gasteiger partial charge in [0.2, 0.25) is 11.6 Å². The molecule has 1 heterocycles. The van der Waals surface area contributed by atoms with Crippen molar-refractivity contribution in [1.29, 1.82) is 0 Å². The van der Waals surface area contributed by atoms with Gasteiger partial charge in [-0.25, -0.2) is 14.6 Å². The van der Waals surface area contributed by atoms with Crippen LogP contribution in [0.3, 0.4) is 0 Å². The first-order valence-electron chi connectivity index (χ1n) is 8.12. The zero-order valence-electron chi connectivity index (χ0n) is 16.1. The lowest BCUT2D eigenvalue weighted by atomic mass is 10.2. The number of carbonyl (C=O) groups excluding carboxylic acids is 3. The third-order valence-electron chi connectivity index (χ3n) is 2.75. The van der Waals surface area contributed by atoms with Crippen LogP contribution in [0.4, 0.5) is 9.93 Å². The molecular weight excluding hydrogens is 376 g/mol. The Kier molecular flexibility index (Phi) is 8.16. The second kappa shape index (κ2) is 9.86. The molecule has 2 amide bonds. The largest absolute Gasteiger partial charge is 0.461 e. The van der Waals surface area contributed by atoms with E-state index in [0.717, 1.165) is 11.3 Å². The molecule has 10 nitrogen and oxygen atoms in total. The molecule has 0 saturated heterocycles. The van der Waals surface area contributed by atoms with Crippen LogP contribution in [0.2, 0.25) is 0 Å². The molecule has 0 spiro atoms. The molecule has 0 bridgehead atoms. The molecule has 27 heavy (non-hydrogen) atoms. The Labute approximate surface area is 161 Å². The van der Waals surface area contributed by atoms with Crippen molar-refractivity contribution in [2.75, 3.05) is 19.0 Å². The van der Waals surface area contributed by atoms with Crippen molar-refractivity contribution in [3.05, 3.63) is 11.1 Å². The van der Waals surface area contributed by atoms with Crippen molar-refractivity contribution in [1.82, 2.24) is 10.3 Å². The highest BCUT2D eigenvalue weighted by molar-refractivity contribution is 7.14. The number of hydrogen-bond acceptors (Lipinski definition) is 9. The van der Waals surface area contributed by atoms with Gasteiger partial charge in [-0.15, -0.1) is 11.3 Å². The maximum Gasteiger partial charge on any atom is 0.408 e. The van der Waals surface area contributed by atoms with Gasteiger partial charge in [-0.3, -0.25) is 4.79 Å². The summed E-state index contributed by atoms with van der Waals surface area (Å²) >= 11 is 1.08. The number of hydrogen-bond donors (Lipinski definition) is 2. The summed E-state index contributed by atoms with van der Waals surface area (Å²) in [6.45, 7) is 8.49. The van der Waals surface area contributed by atoms with Crippen LogP contribution in [0.25, 0.3) is 0 Å². The van der Waals surface area contributed by atoms with Crippen LogP contribution in [0, 0.1) is 0 Å². The number of amides is 2. The molecule has 0 aromatic carbocycles. The van der Waals surface area contributed by atoms with Gasteiger partial charge in [0.15, 0.2) is 5.13 Å². The van der Waals surface area contributed by atoms with Crippen molar-refractivity contribution < 1.29 is 28.7 Å². The molecule has 11 heteroatoms. The topological polar surface area (TPSA) is 128 Å². The number of esters is 1. The summed E-state index contributed by atoms with van der Waals surface area (Å²) in [5, 5.41) is 10.3. The average Bonchev–Trinajstić information content (AvgIpc) is 2.98. The lowest BCUT2D eigenvalue weighted by molar-refractivity contribution is -0.135. The van der Waals surface area contributed by atoms with E-state index >= 15 is 0 Å². The lowest BCUT2D eigenvalue weighted by Crippen LogP contribution is -2.43. The Morgan fingerprint density at radius 2 is 2.00 bits per heavy atom. The van der Waals surface area contributed by atoms with E-state index in [-0.39, 0.29) is 23.1 Å². The smallest absolute Gasteiger partial charge is 0.408 e. The second-order valence-electron chi connectivity index (χ2n) is 6.24. The van der Waals surface area contributed by atoms with E-state index in [4.69, 9.17) is 9.47 Å². The number of anilines is 1. The van der Waals surface area contributed by atoms with Crippen LogP contribution < -0.4 is 10.6 Å². The SMILES string of the molecule is CCOC(=O)/C(=N\OC)c1csc(NC(=O)C(C)NC(=O)OC(C)(C)C)n1. The minimum Gasteiger partial charge on any atom is -0.461 e. The van der Waals surface area contributed by atoms with Crippen molar-refractivity contribution in [2.45, 2.75) is 46.3 Å². The molecule has 1 rings (SSSR count). The number of alkyl carbamates (subject to hydrolysis) is 1. The van der Waals surface area contributed by atoms with E-state index in [1.54, 1.807) is 27.7 Å². The molecule has 0 fully saturated rings. The second-order valence-corrected chi connectivity index (χ2v) is 7.10. The number of oxime groups is 1. The molecule has 1 aromatic rings. The maximum absolute atomic E-state index is 12.2. The summed E-state index contributed by atoms with van der Waals surface area (Å²) in [6, 6.07) is -0.857. The Bertz CT molecular complexity index is 710. The minimum absolute atomic E-state index is 0.115. The summed E-state index contributed by atoms with van der Waals surface area (Å²) in [5.41, 5.74) is -0.589. The van der Waals surface area contributed by atoms with Crippen molar-refractivity contribution >= 4 is 40.1 Å². The first kappa shape index (κ1) is 22.4. The van der Waals surface area contributed by atoms with Gasteiger partial charge in [0.25, 0.3) is 0 Å².